The fraction of sp³-hybridized carbons (Fsp3) is 1.00. The van der Waals surface area contributed by atoms with Crippen molar-refractivity contribution in [2.45, 2.75) is 24.5 Å². The van der Waals surface area contributed by atoms with E-state index in [1.807, 2.05) is 11.8 Å². The second-order valence-corrected chi connectivity index (χ2v) is 4.38. The molecule has 0 saturated heterocycles. The third-order valence-electron chi connectivity index (χ3n) is 2.25. The van der Waals surface area contributed by atoms with Gasteiger partial charge in [-0.25, -0.2) is 0 Å². The van der Waals surface area contributed by atoms with E-state index in [1.54, 1.807) is 0 Å². The van der Waals surface area contributed by atoms with Gasteiger partial charge in [-0.15, -0.1) is 0 Å². The van der Waals surface area contributed by atoms with Crippen LogP contribution in [0, 0.1) is 5.92 Å². The molecule has 1 aliphatic carbocycles. The van der Waals surface area contributed by atoms with Crippen molar-refractivity contribution < 1.29 is 0 Å². The Hall–Kier alpha value is 0.310. The largest absolute Gasteiger partial charge is 0.329 e. The fourth-order valence-electron chi connectivity index (χ4n) is 1.63. The molecule has 1 saturated carbocycles. The van der Waals surface area contributed by atoms with Gasteiger partial charge < -0.3 is 5.73 Å². The maximum Gasteiger partial charge on any atom is 0.0284 e. The maximum atomic E-state index is 5.62. The highest BCUT2D eigenvalue weighted by Gasteiger charge is 2.39. The predicted octanol–water partition coefficient (Wildman–Crippen LogP) is 1.48. The minimum Gasteiger partial charge on any atom is -0.329 e. The lowest BCUT2D eigenvalue weighted by molar-refractivity contribution is 0.257. The molecule has 54 valence electrons. The molecule has 1 aliphatic rings. The van der Waals surface area contributed by atoms with E-state index >= 15 is 0 Å². The van der Waals surface area contributed by atoms with Crippen LogP contribution in [-0.4, -0.2) is 17.5 Å². The van der Waals surface area contributed by atoms with E-state index in [4.69, 9.17) is 5.73 Å². The van der Waals surface area contributed by atoms with Crippen LogP contribution in [0.15, 0.2) is 0 Å². The summed E-state index contributed by atoms with van der Waals surface area (Å²) < 4.78 is 0.472. The minimum absolute atomic E-state index is 0.472. The highest BCUT2D eigenvalue weighted by atomic mass is 32.2. The number of hydrogen-bond acceptors (Lipinski definition) is 2. The molecule has 0 bridgehead atoms. The number of rotatable bonds is 2. The van der Waals surface area contributed by atoms with E-state index in [-0.39, 0.29) is 0 Å². The summed E-state index contributed by atoms with van der Waals surface area (Å²) in [7, 11) is 0. The van der Waals surface area contributed by atoms with Crippen LogP contribution in [-0.2, 0) is 0 Å². The molecule has 0 amide bonds. The summed E-state index contributed by atoms with van der Waals surface area (Å²) in [6, 6.07) is 0. The zero-order chi connectivity index (χ0) is 6.91. The van der Waals surface area contributed by atoms with Gasteiger partial charge in [0.1, 0.15) is 0 Å². The Balaban J connectivity index is 2.36. The van der Waals surface area contributed by atoms with Gasteiger partial charge in [-0.05, 0) is 25.0 Å². The standard InChI is InChI=1S/C7H15NS/c1-6-3-7(4-6,5-8)9-2/h6H,3-5,8H2,1-2H3. The molecule has 0 heterocycles. The van der Waals surface area contributed by atoms with E-state index < -0.39 is 0 Å². The van der Waals surface area contributed by atoms with Crippen molar-refractivity contribution in [3.05, 3.63) is 0 Å². The summed E-state index contributed by atoms with van der Waals surface area (Å²) in [5.74, 6) is 0.918. The van der Waals surface area contributed by atoms with Gasteiger partial charge in [-0.1, -0.05) is 6.92 Å². The highest BCUT2D eigenvalue weighted by molar-refractivity contribution is 8.00. The first kappa shape index (κ1) is 7.42. The number of thioether (sulfide) groups is 1. The molecule has 0 atom stereocenters. The van der Waals surface area contributed by atoms with Gasteiger partial charge in [0.25, 0.3) is 0 Å². The lowest BCUT2D eigenvalue weighted by Gasteiger charge is -2.44. The fourth-order valence-corrected chi connectivity index (χ4v) is 2.70. The number of hydrogen-bond donors (Lipinski definition) is 1. The van der Waals surface area contributed by atoms with Crippen LogP contribution in [0.3, 0.4) is 0 Å². The molecule has 2 N–H and O–H groups in total. The quantitative estimate of drug-likeness (QED) is 0.637. The van der Waals surface area contributed by atoms with Crippen molar-refractivity contribution in [3.8, 4) is 0 Å². The average Bonchev–Trinajstić information content (AvgIpc) is 1.81. The molecule has 1 fully saturated rings. The Kier molecular flexibility index (Phi) is 2.07. The van der Waals surface area contributed by atoms with Crippen LogP contribution in [0.4, 0.5) is 0 Å². The molecule has 0 aromatic carbocycles. The average molecular weight is 145 g/mol. The smallest absolute Gasteiger partial charge is 0.0284 e. The van der Waals surface area contributed by atoms with Crippen molar-refractivity contribution in [1.29, 1.82) is 0 Å². The van der Waals surface area contributed by atoms with Gasteiger partial charge in [0.15, 0.2) is 0 Å². The second-order valence-electron chi connectivity index (χ2n) is 3.10. The van der Waals surface area contributed by atoms with Crippen LogP contribution in [0.25, 0.3) is 0 Å². The first-order valence-corrected chi connectivity index (χ1v) is 4.70. The van der Waals surface area contributed by atoms with Crippen LogP contribution < -0.4 is 5.73 Å². The first-order chi connectivity index (χ1) is 4.22. The van der Waals surface area contributed by atoms with Crippen LogP contribution >= 0.6 is 11.8 Å². The molecule has 0 aromatic rings. The Morgan fingerprint density at radius 1 is 1.67 bits per heavy atom. The Morgan fingerprint density at radius 3 is 2.33 bits per heavy atom. The third kappa shape index (κ3) is 1.24. The topological polar surface area (TPSA) is 26.0 Å². The molecular weight excluding hydrogens is 130 g/mol. The summed E-state index contributed by atoms with van der Waals surface area (Å²) in [6.45, 7) is 3.16. The Bertz CT molecular complexity index is 91.1. The molecule has 1 rings (SSSR count). The molecule has 0 spiro atoms. The third-order valence-corrected chi connectivity index (χ3v) is 3.61. The van der Waals surface area contributed by atoms with E-state index in [2.05, 4.69) is 13.2 Å². The van der Waals surface area contributed by atoms with Crippen LogP contribution in [0.2, 0.25) is 0 Å². The van der Waals surface area contributed by atoms with Gasteiger partial charge in [-0.3, -0.25) is 0 Å². The van der Waals surface area contributed by atoms with E-state index in [0.717, 1.165) is 12.5 Å². The maximum absolute atomic E-state index is 5.62. The minimum atomic E-state index is 0.472. The molecular formula is C7H15NS. The molecule has 9 heavy (non-hydrogen) atoms. The highest BCUT2D eigenvalue weighted by Crippen LogP contribution is 2.45. The second kappa shape index (κ2) is 2.51. The van der Waals surface area contributed by atoms with Gasteiger partial charge >= 0.3 is 0 Å². The molecule has 0 unspecified atom stereocenters. The molecule has 1 nitrogen and oxygen atoms in total. The summed E-state index contributed by atoms with van der Waals surface area (Å²) >= 11 is 1.94. The van der Waals surface area contributed by atoms with Crippen molar-refractivity contribution >= 4 is 11.8 Å². The van der Waals surface area contributed by atoms with Crippen LogP contribution in [0.1, 0.15) is 19.8 Å². The van der Waals surface area contributed by atoms with Gasteiger partial charge in [0.2, 0.25) is 0 Å². The van der Waals surface area contributed by atoms with Gasteiger partial charge in [-0.2, -0.15) is 11.8 Å². The van der Waals surface area contributed by atoms with Crippen molar-refractivity contribution in [2.24, 2.45) is 11.7 Å². The van der Waals surface area contributed by atoms with E-state index in [1.165, 1.54) is 12.8 Å². The summed E-state index contributed by atoms with van der Waals surface area (Å²) in [6.07, 6.45) is 4.81. The van der Waals surface area contributed by atoms with E-state index in [0.29, 0.717) is 4.75 Å². The van der Waals surface area contributed by atoms with Gasteiger partial charge in [0, 0.05) is 11.3 Å². The SMILES string of the molecule is CSC1(CN)CC(C)C1. The monoisotopic (exact) mass is 145 g/mol. The summed E-state index contributed by atoms with van der Waals surface area (Å²) in [5.41, 5.74) is 5.62. The van der Waals surface area contributed by atoms with E-state index in [9.17, 15) is 0 Å². The first-order valence-electron chi connectivity index (χ1n) is 3.48. The summed E-state index contributed by atoms with van der Waals surface area (Å²) in [5, 5.41) is 0. The Labute approximate surface area is 61.4 Å². The van der Waals surface area contributed by atoms with Crippen molar-refractivity contribution in [2.75, 3.05) is 12.8 Å². The molecule has 0 aliphatic heterocycles. The van der Waals surface area contributed by atoms with Crippen LogP contribution in [0.5, 0.6) is 0 Å². The van der Waals surface area contributed by atoms with Crippen molar-refractivity contribution in [3.63, 3.8) is 0 Å². The van der Waals surface area contributed by atoms with Gasteiger partial charge in [0.05, 0.1) is 0 Å². The lowest BCUT2D eigenvalue weighted by Crippen LogP contribution is -2.45. The number of nitrogens with two attached hydrogens (primary N) is 1. The zero-order valence-electron chi connectivity index (χ0n) is 6.18. The Morgan fingerprint density at radius 2 is 2.22 bits per heavy atom. The molecule has 0 radical (unpaired) electrons. The molecule has 0 aromatic heterocycles. The predicted molar refractivity (Wildman–Crippen MR) is 43.7 cm³/mol. The van der Waals surface area contributed by atoms with Crippen molar-refractivity contribution in [1.82, 2.24) is 0 Å². The normalized spacial score (nSPS) is 42.3. The molecule has 2 heteroatoms. The zero-order valence-corrected chi connectivity index (χ0v) is 7.00. The summed E-state index contributed by atoms with van der Waals surface area (Å²) in [4.78, 5) is 0. The lowest BCUT2D eigenvalue weighted by atomic mass is 9.75.